The van der Waals surface area contributed by atoms with Gasteiger partial charge in [-0.05, 0) is 35.4 Å². The van der Waals surface area contributed by atoms with Crippen molar-refractivity contribution in [2.24, 2.45) is 11.8 Å². The number of fused-ring (bicyclic) bond motifs is 1. The molecule has 3 aliphatic heterocycles. The van der Waals surface area contributed by atoms with E-state index in [9.17, 15) is 14.4 Å². The fourth-order valence-corrected chi connectivity index (χ4v) is 6.45. The van der Waals surface area contributed by atoms with Gasteiger partial charge >= 0.3 is 0 Å². The lowest BCUT2D eigenvalue weighted by atomic mass is 9.74. The molecule has 3 aromatic rings. The van der Waals surface area contributed by atoms with E-state index in [0.29, 0.717) is 17.3 Å². The van der Waals surface area contributed by atoms with Crippen LogP contribution in [0.1, 0.15) is 11.1 Å². The monoisotopic (exact) mass is 567 g/mol. The van der Waals surface area contributed by atoms with Crippen molar-refractivity contribution in [2.75, 3.05) is 11.4 Å². The molecule has 0 saturated carbocycles. The van der Waals surface area contributed by atoms with Crippen LogP contribution in [0.3, 0.4) is 0 Å². The van der Waals surface area contributed by atoms with E-state index in [4.69, 9.17) is 16.3 Å². The fourth-order valence-electron chi connectivity index (χ4n) is 6.32. The fraction of sp³-hybridized carbons (Fsp3) is 0.242. The molecule has 0 radical (unpaired) electrons. The molecule has 6 rings (SSSR count). The predicted octanol–water partition coefficient (Wildman–Crippen LogP) is 4.53. The number of halogens is 1. The number of rotatable bonds is 9. The lowest BCUT2D eigenvalue weighted by Gasteiger charge is -2.36. The molecule has 208 valence electrons. The molecule has 2 fully saturated rings. The molecule has 1 spiro atoms. The van der Waals surface area contributed by atoms with Gasteiger partial charge in [0.15, 0.2) is 0 Å². The van der Waals surface area contributed by atoms with E-state index in [2.05, 4.69) is 11.9 Å². The number of carbonyl (C=O) groups is 3. The van der Waals surface area contributed by atoms with E-state index in [1.165, 1.54) is 0 Å². The molecule has 5 atom stereocenters. The van der Waals surface area contributed by atoms with Gasteiger partial charge < -0.3 is 19.9 Å². The topological polar surface area (TPSA) is 79.0 Å². The van der Waals surface area contributed by atoms with E-state index in [0.717, 1.165) is 11.1 Å². The van der Waals surface area contributed by atoms with Crippen molar-refractivity contribution in [2.45, 2.75) is 30.8 Å². The van der Waals surface area contributed by atoms with Crippen LogP contribution < -0.4 is 10.2 Å². The van der Waals surface area contributed by atoms with Crippen LogP contribution in [0.4, 0.5) is 5.69 Å². The van der Waals surface area contributed by atoms with Crippen LogP contribution in [0, 0.1) is 11.8 Å². The molecular formula is C33H30ClN3O4. The van der Waals surface area contributed by atoms with Gasteiger partial charge in [0.05, 0.1) is 17.9 Å². The van der Waals surface area contributed by atoms with Crippen LogP contribution in [-0.2, 0) is 32.2 Å². The number of ether oxygens (including phenoxy) is 1. The standard InChI is InChI=1S/C33H30ClN3O4/c1-2-19-36(25-15-13-24(34)14-16-25)32(40)29-33-18-17-26(41-33)27(30(38)35-20-22-9-5-3-6-10-22)28(33)31(39)37(29)21-23-11-7-4-8-12-23/h2-18,26-29H,1,19-21H2,(H,35,38)/t26-,27+,28+,29-,33+/m0/s1. The van der Waals surface area contributed by atoms with Crippen molar-refractivity contribution in [3.8, 4) is 0 Å². The number of benzene rings is 3. The highest BCUT2D eigenvalue weighted by molar-refractivity contribution is 6.30. The van der Waals surface area contributed by atoms with Crippen molar-refractivity contribution < 1.29 is 19.1 Å². The first-order chi connectivity index (χ1) is 19.9. The van der Waals surface area contributed by atoms with Crippen molar-refractivity contribution >= 4 is 35.0 Å². The smallest absolute Gasteiger partial charge is 0.253 e. The molecule has 0 aromatic heterocycles. The Morgan fingerprint density at radius 3 is 2.32 bits per heavy atom. The highest BCUT2D eigenvalue weighted by atomic mass is 35.5. The first kappa shape index (κ1) is 27.0. The average molecular weight is 568 g/mol. The highest BCUT2D eigenvalue weighted by Crippen LogP contribution is 2.55. The zero-order valence-corrected chi connectivity index (χ0v) is 23.1. The van der Waals surface area contributed by atoms with E-state index < -0.39 is 29.6 Å². The number of likely N-dealkylation sites (tertiary alicyclic amines) is 1. The van der Waals surface area contributed by atoms with E-state index >= 15 is 0 Å². The normalized spacial score (nSPS) is 25.7. The maximum atomic E-state index is 14.5. The minimum atomic E-state index is -1.27. The number of anilines is 1. The summed E-state index contributed by atoms with van der Waals surface area (Å²) in [7, 11) is 0. The summed E-state index contributed by atoms with van der Waals surface area (Å²) >= 11 is 6.12. The second-order valence-corrected chi connectivity index (χ2v) is 11.0. The van der Waals surface area contributed by atoms with Gasteiger partial charge in [0, 0.05) is 30.3 Å². The molecule has 3 aliphatic rings. The Labute approximate surface area is 244 Å². The quantitative estimate of drug-likeness (QED) is 0.386. The van der Waals surface area contributed by atoms with Gasteiger partial charge in [-0.25, -0.2) is 0 Å². The first-order valence-electron chi connectivity index (χ1n) is 13.6. The summed E-state index contributed by atoms with van der Waals surface area (Å²) in [5.41, 5.74) is 1.18. The van der Waals surface area contributed by atoms with E-state index in [1.54, 1.807) is 40.1 Å². The molecule has 8 heteroatoms. The van der Waals surface area contributed by atoms with Gasteiger partial charge in [0.1, 0.15) is 11.6 Å². The predicted molar refractivity (Wildman–Crippen MR) is 157 cm³/mol. The number of amides is 3. The summed E-state index contributed by atoms with van der Waals surface area (Å²) < 4.78 is 6.50. The minimum absolute atomic E-state index is 0.205. The van der Waals surface area contributed by atoms with Gasteiger partial charge in [-0.2, -0.15) is 0 Å². The Morgan fingerprint density at radius 1 is 1.00 bits per heavy atom. The van der Waals surface area contributed by atoms with Crippen LogP contribution in [0.25, 0.3) is 0 Å². The molecule has 2 bridgehead atoms. The molecule has 2 saturated heterocycles. The Bertz CT molecular complexity index is 1490. The number of nitrogens with zero attached hydrogens (tertiary/aromatic N) is 2. The number of nitrogens with one attached hydrogen (secondary N) is 1. The molecule has 0 aliphatic carbocycles. The molecule has 0 unspecified atom stereocenters. The Kier molecular flexibility index (Phi) is 7.24. The van der Waals surface area contributed by atoms with E-state index in [1.807, 2.05) is 72.8 Å². The van der Waals surface area contributed by atoms with Crippen LogP contribution in [0.15, 0.2) is 110 Å². The van der Waals surface area contributed by atoms with Crippen LogP contribution in [-0.4, -0.2) is 46.9 Å². The van der Waals surface area contributed by atoms with Gasteiger partial charge in [-0.1, -0.05) is 90.5 Å². The molecule has 7 nitrogen and oxygen atoms in total. The molecule has 3 amide bonds. The maximum absolute atomic E-state index is 14.5. The van der Waals surface area contributed by atoms with Gasteiger partial charge in [0.25, 0.3) is 5.91 Å². The molecular weight excluding hydrogens is 538 g/mol. The average Bonchev–Trinajstić information content (AvgIpc) is 3.63. The van der Waals surface area contributed by atoms with Gasteiger partial charge in [-0.15, -0.1) is 6.58 Å². The third-order valence-corrected chi connectivity index (χ3v) is 8.38. The summed E-state index contributed by atoms with van der Waals surface area (Å²) in [4.78, 5) is 45.6. The second kappa shape index (κ2) is 11.0. The number of carbonyl (C=O) groups excluding carboxylic acids is 3. The maximum Gasteiger partial charge on any atom is 0.253 e. The lowest BCUT2D eigenvalue weighted by Crippen LogP contribution is -2.55. The SMILES string of the molecule is C=CCN(C(=O)[C@@H]1N(Cc2ccccc2)C(=O)[C@H]2[C@H](C(=O)NCc3ccccc3)[C@@H]3C=C[C@]12O3)c1ccc(Cl)cc1. The highest BCUT2D eigenvalue weighted by Gasteiger charge is 2.73. The molecule has 3 heterocycles. The Hall–Kier alpha value is -4.20. The minimum Gasteiger partial charge on any atom is -0.359 e. The van der Waals surface area contributed by atoms with Gasteiger partial charge in [-0.3, -0.25) is 14.4 Å². The lowest BCUT2D eigenvalue weighted by molar-refractivity contribution is -0.141. The van der Waals surface area contributed by atoms with E-state index in [-0.39, 0.29) is 30.8 Å². The third-order valence-electron chi connectivity index (χ3n) is 8.13. The third kappa shape index (κ3) is 4.75. The van der Waals surface area contributed by atoms with Crippen LogP contribution >= 0.6 is 11.6 Å². The van der Waals surface area contributed by atoms with Crippen LogP contribution in [0.5, 0.6) is 0 Å². The summed E-state index contributed by atoms with van der Waals surface area (Å²) in [5.74, 6) is -2.43. The van der Waals surface area contributed by atoms with Crippen molar-refractivity contribution in [1.82, 2.24) is 10.2 Å². The Balaban J connectivity index is 1.36. The summed E-state index contributed by atoms with van der Waals surface area (Å²) in [6.45, 7) is 4.61. The number of hydrogen-bond acceptors (Lipinski definition) is 4. The Morgan fingerprint density at radius 2 is 1.66 bits per heavy atom. The zero-order valence-electron chi connectivity index (χ0n) is 22.4. The summed E-state index contributed by atoms with van der Waals surface area (Å²) in [5, 5.41) is 3.54. The molecule has 1 N–H and O–H groups in total. The van der Waals surface area contributed by atoms with Crippen molar-refractivity contribution in [1.29, 1.82) is 0 Å². The largest absolute Gasteiger partial charge is 0.359 e. The summed E-state index contributed by atoms with van der Waals surface area (Å²) in [6, 6.07) is 25.1. The van der Waals surface area contributed by atoms with Gasteiger partial charge in [0.2, 0.25) is 11.8 Å². The second-order valence-electron chi connectivity index (χ2n) is 10.6. The number of hydrogen-bond donors (Lipinski definition) is 1. The summed E-state index contributed by atoms with van der Waals surface area (Å²) in [6.07, 6.45) is 4.69. The molecule has 41 heavy (non-hydrogen) atoms. The zero-order chi connectivity index (χ0) is 28.6. The van der Waals surface area contributed by atoms with Crippen molar-refractivity contribution in [3.63, 3.8) is 0 Å². The molecule has 3 aromatic carbocycles. The van der Waals surface area contributed by atoms with Crippen molar-refractivity contribution in [3.05, 3.63) is 126 Å². The van der Waals surface area contributed by atoms with Crippen LogP contribution in [0.2, 0.25) is 5.02 Å². The first-order valence-corrected chi connectivity index (χ1v) is 14.0.